The van der Waals surface area contributed by atoms with E-state index in [0.717, 1.165) is 21.3 Å². The SMILES string of the molecule is CO.CO.CO.[Br][Ti]([Br])[Br].[Br][Ti][Br]. The Kier molecular flexibility index (Phi) is 132. The second kappa shape index (κ2) is 57.2. The van der Waals surface area contributed by atoms with Crippen molar-refractivity contribution in [2.45, 2.75) is 0 Å². The van der Waals surface area contributed by atoms with Gasteiger partial charge in [-0.25, -0.2) is 0 Å². The van der Waals surface area contributed by atoms with Crippen molar-refractivity contribution in [1.82, 2.24) is 0 Å². The van der Waals surface area contributed by atoms with Gasteiger partial charge in [0.2, 0.25) is 0 Å². The minimum absolute atomic E-state index is 0.125. The maximum absolute atomic E-state index is 7.00. The normalized spacial score (nSPS) is 4.54. The third-order valence-corrected chi connectivity index (χ3v) is 0. The molecule has 0 amide bonds. The van der Waals surface area contributed by atoms with Crippen molar-refractivity contribution >= 4 is 65.8 Å². The van der Waals surface area contributed by atoms with E-state index >= 15 is 0 Å². The van der Waals surface area contributed by atoms with Gasteiger partial charge in [-0.05, 0) is 0 Å². The molecule has 0 aromatic heterocycles. The van der Waals surface area contributed by atoms with Crippen molar-refractivity contribution in [3.8, 4) is 0 Å². The number of aliphatic hydroxyl groups is 3. The van der Waals surface area contributed by atoms with Crippen LogP contribution in [0.3, 0.4) is 0 Å². The average Bonchev–Trinajstić information content (AvgIpc) is 2.14. The van der Waals surface area contributed by atoms with Gasteiger partial charge in [0.25, 0.3) is 0 Å². The van der Waals surface area contributed by atoms with E-state index < -0.39 is 11.6 Å². The van der Waals surface area contributed by atoms with Crippen LogP contribution in [0.15, 0.2) is 0 Å². The van der Waals surface area contributed by atoms with Crippen LogP contribution in [-0.4, -0.2) is 36.6 Å². The molecule has 0 unspecified atom stereocenters. The van der Waals surface area contributed by atoms with Crippen LogP contribution in [0.25, 0.3) is 0 Å². The van der Waals surface area contributed by atoms with E-state index in [0.29, 0.717) is 0 Å². The molecule has 0 saturated heterocycles. The van der Waals surface area contributed by atoms with Crippen LogP contribution >= 0.6 is 65.8 Å². The van der Waals surface area contributed by atoms with Gasteiger partial charge in [-0.3, -0.25) is 0 Å². The van der Waals surface area contributed by atoms with E-state index in [9.17, 15) is 0 Å². The predicted molar refractivity (Wildman–Crippen MR) is 69.1 cm³/mol. The summed E-state index contributed by atoms with van der Waals surface area (Å²) in [4.78, 5) is 0. The molecule has 0 aliphatic heterocycles. The minimum atomic E-state index is -0.896. The first kappa shape index (κ1) is 30.1. The monoisotopic (exact) mass is 587 g/mol. The molecule has 0 aromatic rings. The fourth-order valence-corrected chi connectivity index (χ4v) is 0. The molecule has 10 heteroatoms. The summed E-state index contributed by atoms with van der Waals surface area (Å²) in [6.07, 6.45) is 0. The Hall–Kier alpha value is 3.71. The van der Waals surface area contributed by atoms with Crippen molar-refractivity contribution in [2.75, 3.05) is 21.3 Å². The summed E-state index contributed by atoms with van der Waals surface area (Å²) < 4.78 is 0. The van der Waals surface area contributed by atoms with E-state index in [2.05, 4.69) is 65.8 Å². The fraction of sp³-hybridized carbons (Fsp3) is 1.00. The van der Waals surface area contributed by atoms with Crippen molar-refractivity contribution in [1.29, 1.82) is 0 Å². The number of halogens is 5. The summed E-state index contributed by atoms with van der Waals surface area (Å²) >= 11 is 15.4. The first-order valence-electron chi connectivity index (χ1n) is 2.29. The maximum atomic E-state index is 7.00. The summed E-state index contributed by atoms with van der Waals surface area (Å²) in [7, 11) is 3.00. The summed E-state index contributed by atoms with van der Waals surface area (Å²) in [6, 6.07) is 0. The van der Waals surface area contributed by atoms with E-state index in [4.69, 9.17) is 15.3 Å². The third kappa shape index (κ3) is 215. The number of hydrogen-bond acceptors (Lipinski definition) is 3. The first-order chi connectivity index (χ1) is 6.15. The molecule has 0 radical (unpaired) electrons. The van der Waals surface area contributed by atoms with Gasteiger partial charge in [0, 0.05) is 21.3 Å². The molecule has 0 aliphatic rings. The van der Waals surface area contributed by atoms with Crippen molar-refractivity contribution < 1.29 is 41.9 Å². The Bertz CT molecular complexity index is 36.2. The van der Waals surface area contributed by atoms with Crippen LogP contribution < -0.4 is 0 Å². The van der Waals surface area contributed by atoms with Crippen LogP contribution in [0.5, 0.6) is 0 Å². The summed E-state index contributed by atoms with van der Waals surface area (Å²) in [5.41, 5.74) is 0. The van der Waals surface area contributed by atoms with Crippen LogP contribution in [-0.2, 0) is 26.6 Å². The molecule has 0 spiro atoms. The number of rotatable bonds is 0. The van der Waals surface area contributed by atoms with Gasteiger partial charge in [0.1, 0.15) is 0 Å². The second-order valence-corrected chi connectivity index (χ2v) is 31.8. The fourth-order valence-electron chi connectivity index (χ4n) is 0. The van der Waals surface area contributed by atoms with Crippen molar-refractivity contribution in [3.05, 3.63) is 0 Å². The van der Waals surface area contributed by atoms with E-state index in [1.54, 1.807) is 0 Å². The Morgan fingerprint density at radius 2 is 0.769 bits per heavy atom. The molecule has 0 atom stereocenters. The molecule has 3 nitrogen and oxygen atoms in total. The summed E-state index contributed by atoms with van der Waals surface area (Å²) in [6.45, 7) is 0. The molecule has 0 aliphatic carbocycles. The third-order valence-electron chi connectivity index (χ3n) is 0. The zero-order chi connectivity index (χ0) is 12.3. The second-order valence-electron chi connectivity index (χ2n) is 0.286. The number of hydrogen-bond donors (Lipinski definition) is 3. The van der Waals surface area contributed by atoms with Crippen LogP contribution in [0.4, 0.5) is 0 Å². The zero-order valence-electron chi connectivity index (χ0n) is 7.23. The van der Waals surface area contributed by atoms with Gasteiger partial charge in [0.05, 0.1) is 0 Å². The quantitative estimate of drug-likeness (QED) is 0.380. The Labute approximate surface area is 126 Å². The molecule has 0 aromatic carbocycles. The summed E-state index contributed by atoms with van der Waals surface area (Å²) in [5.74, 6) is 0. The molecule has 0 saturated carbocycles. The van der Waals surface area contributed by atoms with Gasteiger partial charge in [-0.1, -0.05) is 0 Å². The zero-order valence-corrected chi connectivity index (χ0v) is 18.3. The van der Waals surface area contributed by atoms with Gasteiger partial charge in [-0.15, -0.1) is 0 Å². The van der Waals surface area contributed by atoms with Gasteiger partial charge in [0.15, 0.2) is 0 Å². The Balaban J connectivity index is -0.0000000215. The van der Waals surface area contributed by atoms with Crippen LogP contribution in [0.1, 0.15) is 0 Å². The van der Waals surface area contributed by atoms with Gasteiger partial charge < -0.3 is 15.3 Å². The standard InChI is InChI=1S/3CH4O.5BrH.2Ti/c3*1-2;;;;;;;/h3*2H,1H3;5*1H;;/q;;;;;;;;+2;+3/p-5. The van der Waals surface area contributed by atoms with E-state index in [-0.39, 0.29) is 15.0 Å². The molecule has 0 fully saturated rings. The molecule has 3 N–H and O–H groups in total. The van der Waals surface area contributed by atoms with Crippen molar-refractivity contribution in [2.24, 2.45) is 0 Å². The Morgan fingerprint density at radius 1 is 0.769 bits per heavy atom. The first-order valence-corrected chi connectivity index (χ1v) is 21.6. The predicted octanol–water partition coefficient (Wildman–Crippen LogP) is 3.05. The average molecular weight is 591 g/mol. The van der Waals surface area contributed by atoms with Gasteiger partial charge >= 0.3 is 92.4 Å². The number of aliphatic hydroxyl groups excluding tert-OH is 3. The molecule has 85 valence electrons. The molecule has 13 heavy (non-hydrogen) atoms. The van der Waals surface area contributed by atoms with Gasteiger partial charge in [-0.2, -0.15) is 0 Å². The van der Waals surface area contributed by atoms with Crippen LogP contribution in [0.2, 0.25) is 0 Å². The summed E-state index contributed by atoms with van der Waals surface area (Å²) in [5, 5.41) is 21.0. The molecule has 0 rings (SSSR count). The molecular formula is C3H12Br5O3Ti2. The molecular weight excluding hydrogens is 579 g/mol. The van der Waals surface area contributed by atoms with E-state index in [1.165, 1.54) is 0 Å². The molecule has 0 heterocycles. The van der Waals surface area contributed by atoms with Crippen LogP contribution in [0, 0.1) is 0 Å². The Morgan fingerprint density at radius 3 is 0.769 bits per heavy atom. The van der Waals surface area contributed by atoms with E-state index in [1.807, 2.05) is 0 Å². The topological polar surface area (TPSA) is 60.7 Å². The van der Waals surface area contributed by atoms with Crippen molar-refractivity contribution in [3.63, 3.8) is 0 Å². The molecule has 0 bridgehead atoms.